The minimum Gasteiger partial charge on any atom is -0.387 e. The van der Waals surface area contributed by atoms with Crippen molar-refractivity contribution in [2.75, 3.05) is 0 Å². The number of aryl methyl sites for hydroxylation is 3. The fourth-order valence-corrected chi connectivity index (χ4v) is 4.77. The van der Waals surface area contributed by atoms with Gasteiger partial charge < -0.3 is 5.11 Å². The van der Waals surface area contributed by atoms with Crippen molar-refractivity contribution < 1.29 is 5.11 Å². The molecule has 96 valence electrons. The zero-order chi connectivity index (χ0) is 12.5. The molecule has 0 saturated heterocycles. The second-order valence-electron chi connectivity index (χ2n) is 4.89. The Bertz CT molecular complexity index is 517. The Morgan fingerprint density at radius 3 is 2.78 bits per heavy atom. The second kappa shape index (κ2) is 5.16. The third-order valence-electron chi connectivity index (χ3n) is 3.55. The number of rotatable bonds is 4. The van der Waals surface area contributed by atoms with Crippen molar-refractivity contribution in [3.63, 3.8) is 0 Å². The molecule has 0 radical (unpaired) electrons. The van der Waals surface area contributed by atoms with Gasteiger partial charge in [0.15, 0.2) is 0 Å². The van der Waals surface area contributed by atoms with Crippen LogP contribution in [0.15, 0.2) is 18.2 Å². The Hall–Kier alpha value is -0.640. The maximum Gasteiger partial charge on any atom is 0.0930 e. The molecule has 0 aromatic carbocycles. The van der Waals surface area contributed by atoms with Crippen molar-refractivity contribution in [2.24, 2.45) is 0 Å². The predicted molar refractivity (Wildman–Crippen MR) is 78.7 cm³/mol. The maximum atomic E-state index is 10.3. The highest BCUT2D eigenvalue weighted by Gasteiger charge is 2.19. The van der Waals surface area contributed by atoms with Gasteiger partial charge in [-0.1, -0.05) is 6.92 Å². The summed E-state index contributed by atoms with van der Waals surface area (Å²) in [5, 5.41) is 10.3. The molecule has 1 N–H and O–H groups in total. The standard InChI is InChI=1S/C15H18OS2/c1-2-11-6-7-12(17-11)9-13(16)15-8-10-4-3-5-14(10)18-15/h6-8,13,16H,2-5,9H2,1H3. The van der Waals surface area contributed by atoms with Gasteiger partial charge in [0.25, 0.3) is 0 Å². The molecule has 0 saturated carbocycles. The van der Waals surface area contributed by atoms with E-state index in [1.807, 2.05) is 22.7 Å². The van der Waals surface area contributed by atoms with Crippen LogP contribution < -0.4 is 0 Å². The summed E-state index contributed by atoms with van der Waals surface area (Å²) >= 11 is 3.65. The first-order chi connectivity index (χ1) is 8.76. The van der Waals surface area contributed by atoms with Gasteiger partial charge in [-0.25, -0.2) is 0 Å². The third-order valence-corrected chi connectivity index (χ3v) is 6.14. The molecule has 1 atom stereocenters. The van der Waals surface area contributed by atoms with E-state index >= 15 is 0 Å². The summed E-state index contributed by atoms with van der Waals surface area (Å²) in [6.07, 6.45) is 5.26. The molecule has 1 aliphatic carbocycles. The van der Waals surface area contributed by atoms with E-state index in [1.165, 1.54) is 39.5 Å². The summed E-state index contributed by atoms with van der Waals surface area (Å²) in [5.41, 5.74) is 1.48. The molecule has 0 aliphatic heterocycles. The van der Waals surface area contributed by atoms with Crippen LogP contribution in [0.2, 0.25) is 0 Å². The number of hydrogen-bond donors (Lipinski definition) is 1. The van der Waals surface area contributed by atoms with E-state index in [0.717, 1.165) is 17.7 Å². The third kappa shape index (κ3) is 2.40. The highest BCUT2D eigenvalue weighted by Crippen LogP contribution is 2.35. The Kier molecular flexibility index (Phi) is 3.55. The Labute approximate surface area is 116 Å². The maximum absolute atomic E-state index is 10.3. The molecular formula is C15H18OS2. The summed E-state index contributed by atoms with van der Waals surface area (Å²) < 4.78 is 0. The molecule has 0 amide bonds. The van der Waals surface area contributed by atoms with Crippen LogP contribution in [-0.4, -0.2) is 5.11 Å². The predicted octanol–water partition coefficient (Wildman–Crippen LogP) is 4.14. The van der Waals surface area contributed by atoms with Gasteiger partial charge in [0.1, 0.15) is 0 Å². The van der Waals surface area contributed by atoms with E-state index in [9.17, 15) is 5.11 Å². The molecule has 3 rings (SSSR count). The molecule has 1 aliphatic rings. The first-order valence-electron chi connectivity index (χ1n) is 6.63. The van der Waals surface area contributed by atoms with E-state index in [1.54, 1.807) is 0 Å². The number of fused-ring (bicyclic) bond motifs is 1. The fraction of sp³-hybridized carbons (Fsp3) is 0.467. The molecule has 0 fully saturated rings. The molecule has 1 nitrogen and oxygen atoms in total. The summed E-state index contributed by atoms with van der Waals surface area (Å²) in [4.78, 5) is 5.37. The van der Waals surface area contributed by atoms with Crippen LogP contribution in [0, 0.1) is 0 Å². The van der Waals surface area contributed by atoms with E-state index in [2.05, 4.69) is 25.1 Å². The molecular weight excluding hydrogens is 260 g/mol. The lowest BCUT2D eigenvalue weighted by molar-refractivity contribution is 0.183. The fourth-order valence-electron chi connectivity index (χ4n) is 2.53. The topological polar surface area (TPSA) is 20.2 Å². The lowest BCUT2D eigenvalue weighted by Crippen LogP contribution is -1.97. The summed E-state index contributed by atoms with van der Waals surface area (Å²) in [5.74, 6) is 0. The quantitative estimate of drug-likeness (QED) is 0.891. The molecule has 0 bridgehead atoms. The normalized spacial score (nSPS) is 15.9. The number of aliphatic hydroxyl groups is 1. The lowest BCUT2D eigenvalue weighted by Gasteiger charge is -2.06. The van der Waals surface area contributed by atoms with Gasteiger partial charge >= 0.3 is 0 Å². The Morgan fingerprint density at radius 1 is 1.22 bits per heavy atom. The highest BCUT2D eigenvalue weighted by atomic mass is 32.1. The lowest BCUT2D eigenvalue weighted by atomic mass is 10.1. The smallest absolute Gasteiger partial charge is 0.0930 e. The van der Waals surface area contributed by atoms with Crippen LogP contribution in [0.5, 0.6) is 0 Å². The van der Waals surface area contributed by atoms with Gasteiger partial charge in [-0.15, -0.1) is 22.7 Å². The monoisotopic (exact) mass is 278 g/mol. The van der Waals surface area contributed by atoms with Crippen molar-refractivity contribution in [2.45, 2.75) is 45.1 Å². The van der Waals surface area contributed by atoms with Gasteiger partial charge in [-0.2, -0.15) is 0 Å². The van der Waals surface area contributed by atoms with Crippen LogP contribution in [-0.2, 0) is 25.7 Å². The average molecular weight is 278 g/mol. The van der Waals surface area contributed by atoms with Gasteiger partial charge in [0.05, 0.1) is 6.10 Å². The SMILES string of the molecule is CCc1ccc(CC(O)c2cc3c(s2)CCC3)s1. The van der Waals surface area contributed by atoms with Crippen LogP contribution in [0.4, 0.5) is 0 Å². The van der Waals surface area contributed by atoms with Gasteiger partial charge in [-0.3, -0.25) is 0 Å². The number of aliphatic hydroxyl groups excluding tert-OH is 1. The zero-order valence-electron chi connectivity index (χ0n) is 10.6. The molecule has 18 heavy (non-hydrogen) atoms. The van der Waals surface area contributed by atoms with E-state index in [0.29, 0.717) is 0 Å². The van der Waals surface area contributed by atoms with Gasteiger partial charge in [-0.05, 0) is 49.4 Å². The summed E-state index contributed by atoms with van der Waals surface area (Å²) in [6.45, 7) is 2.18. The molecule has 1 unspecified atom stereocenters. The first kappa shape index (κ1) is 12.4. The highest BCUT2D eigenvalue weighted by molar-refractivity contribution is 7.12. The molecule has 2 aromatic heterocycles. The van der Waals surface area contributed by atoms with Crippen LogP contribution in [0.1, 0.15) is 44.5 Å². The van der Waals surface area contributed by atoms with Crippen molar-refractivity contribution >= 4 is 22.7 Å². The Balaban J connectivity index is 1.71. The van der Waals surface area contributed by atoms with Crippen LogP contribution >= 0.6 is 22.7 Å². The zero-order valence-corrected chi connectivity index (χ0v) is 12.2. The molecule has 3 heteroatoms. The minimum atomic E-state index is -0.316. The summed E-state index contributed by atoms with van der Waals surface area (Å²) in [6, 6.07) is 6.57. The van der Waals surface area contributed by atoms with E-state index in [4.69, 9.17) is 0 Å². The largest absolute Gasteiger partial charge is 0.387 e. The van der Waals surface area contributed by atoms with Crippen molar-refractivity contribution in [3.8, 4) is 0 Å². The summed E-state index contributed by atoms with van der Waals surface area (Å²) in [7, 11) is 0. The average Bonchev–Trinajstić information content (AvgIpc) is 3.02. The van der Waals surface area contributed by atoms with E-state index < -0.39 is 0 Å². The number of thiophene rings is 2. The minimum absolute atomic E-state index is 0.316. The van der Waals surface area contributed by atoms with Crippen molar-refractivity contribution in [1.82, 2.24) is 0 Å². The van der Waals surface area contributed by atoms with Gasteiger partial charge in [0, 0.05) is 25.9 Å². The molecule has 2 heterocycles. The molecule has 0 spiro atoms. The van der Waals surface area contributed by atoms with Crippen molar-refractivity contribution in [3.05, 3.63) is 43.3 Å². The van der Waals surface area contributed by atoms with Crippen LogP contribution in [0.25, 0.3) is 0 Å². The Morgan fingerprint density at radius 2 is 2.06 bits per heavy atom. The van der Waals surface area contributed by atoms with Crippen LogP contribution in [0.3, 0.4) is 0 Å². The second-order valence-corrected chi connectivity index (χ2v) is 7.31. The molecule has 2 aromatic rings. The first-order valence-corrected chi connectivity index (χ1v) is 8.26. The number of hydrogen-bond acceptors (Lipinski definition) is 3. The van der Waals surface area contributed by atoms with Gasteiger partial charge in [0.2, 0.25) is 0 Å². The van der Waals surface area contributed by atoms with E-state index in [-0.39, 0.29) is 6.10 Å². The van der Waals surface area contributed by atoms with Crippen molar-refractivity contribution in [1.29, 1.82) is 0 Å².